The van der Waals surface area contributed by atoms with Crippen LogP contribution in [-0.4, -0.2) is 58.6 Å². The van der Waals surface area contributed by atoms with E-state index < -0.39 is 6.03 Å². The number of nitrogens with zero attached hydrogens (tertiary/aromatic N) is 2. The van der Waals surface area contributed by atoms with Gasteiger partial charge in [-0.1, -0.05) is 37.8 Å². The van der Waals surface area contributed by atoms with Crippen LogP contribution in [0.4, 0.5) is 14.9 Å². The van der Waals surface area contributed by atoms with Crippen LogP contribution in [0.2, 0.25) is 0 Å². The summed E-state index contributed by atoms with van der Waals surface area (Å²) >= 11 is 0. The Hall–Kier alpha value is -3.37. The van der Waals surface area contributed by atoms with Crippen molar-refractivity contribution in [3.63, 3.8) is 0 Å². The second-order valence-corrected chi connectivity index (χ2v) is 8.98. The molecule has 2 heterocycles. The molecule has 4 rings (SSSR count). The van der Waals surface area contributed by atoms with Crippen LogP contribution in [0.1, 0.15) is 37.3 Å². The first-order valence-electron chi connectivity index (χ1n) is 11.2. The second kappa shape index (κ2) is 9.63. The van der Waals surface area contributed by atoms with Crippen molar-refractivity contribution in [1.29, 1.82) is 0 Å². The number of aliphatic hydroxyl groups excluding tert-OH is 1. The number of fused-ring (bicyclic) bond motifs is 1. The number of nitrogens with one attached hydrogen (secondary N) is 1. The highest BCUT2D eigenvalue weighted by Crippen LogP contribution is 2.43. The van der Waals surface area contributed by atoms with Crippen LogP contribution >= 0.6 is 0 Å². The van der Waals surface area contributed by atoms with E-state index in [1.165, 1.54) is 29.2 Å². The van der Waals surface area contributed by atoms with E-state index in [0.717, 1.165) is 17.5 Å². The summed E-state index contributed by atoms with van der Waals surface area (Å²) in [6.07, 6.45) is 0.839. The van der Waals surface area contributed by atoms with Crippen molar-refractivity contribution in [2.45, 2.75) is 38.3 Å². The van der Waals surface area contributed by atoms with Crippen LogP contribution in [0.5, 0.6) is 0 Å². The zero-order chi connectivity index (χ0) is 23.5. The van der Waals surface area contributed by atoms with Gasteiger partial charge in [0.1, 0.15) is 12.4 Å². The maximum absolute atomic E-state index is 13.1. The van der Waals surface area contributed by atoms with Gasteiger partial charge in [0.2, 0.25) is 5.91 Å². The lowest BCUT2D eigenvalue weighted by molar-refractivity contribution is -0.159. The molecule has 2 aliphatic heterocycles. The zero-order valence-electron chi connectivity index (χ0n) is 18.8. The summed E-state index contributed by atoms with van der Waals surface area (Å²) in [6.45, 7) is 4.42. The number of carbonyl (C=O) groups excluding carboxylic acids is 2. The molecule has 2 aromatic rings. The molecule has 3 amide bonds. The lowest BCUT2D eigenvalue weighted by Crippen LogP contribution is -2.73. The average molecular weight is 450 g/mol. The molecule has 2 N–H and O–H groups in total. The van der Waals surface area contributed by atoms with Crippen molar-refractivity contribution < 1.29 is 19.1 Å². The normalized spacial score (nSPS) is 21.7. The number of rotatable bonds is 4. The fourth-order valence-corrected chi connectivity index (χ4v) is 4.54. The van der Waals surface area contributed by atoms with Gasteiger partial charge in [0.05, 0.1) is 18.7 Å². The molecular formula is C26H28FN3O3. The number of carbonyl (C=O) groups is 2. The Bertz CT molecular complexity index is 1070. The van der Waals surface area contributed by atoms with Gasteiger partial charge in [-0.05, 0) is 47.9 Å². The maximum Gasteiger partial charge on any atom is 0.322 e. The minimum absolute atomic E-state index is 0.0584. The van der Waals surface area contributed by atoms with E-state index in [-0.39, 0.29) is 42.9 Å². The van der Waals surface area contributed by atoms with E-state index in [9.17, 15) is 19.1 Å². The van der Waals surface area contributed by atoms with E-state index >= 15 is 0 Å². The number of aliphatic hydroxyl groups is 1. The fourth-order valence-electron chi connectivity index (χ4n) is 4.54. The van der Waals surface area contributed by atoms with Gasteiger partial charge in [0.25, 0.3) is 0 Å². The Kier molecular flexibility index (Phi) is 6.66. The summed E-state index contributed by atoms with van der Waals surface area (Å²) in [5.41, 5.74) is 2.40. The fraction of sp³-hybridized carbons (Fsp3) is 0.385. The molecule has 2 fully saturated rings. The number of hydrogen-bond donors (Lipinski definition) is 2. The molecule has 0 bridgehead atoms. The molecule has 33 heavy (non-hydrogen) atoms. The van der Waals surface area contributed by atoms with Gasteiger partial charge >= 0.3 is 6.03 Å². The molecule has 7 heteroatoms. The Morgan fingerprint density at radius 2 is 1.88 bits per heavy atom. The van der Waals surface area contributed by atoms with E-state index in [0.29, 0.717) is 18.2 Å². The van der Waals surface area contributed by atoms with Crippen molar-refractivity contribution >= 4 is 17.6 Å². The predicted octanol–water partition coefficient (Wildman–Crippen LogP) is 3.43. The summed E-state index contributed by atoms with van der Waals surface area (Å²) in [7, 11) is 0. The highest BCUT2D eigenvalue weighted by atomic mass is 19.1. The molecule has 2 aromatic carbocycles. The third-order valence-electron chi connectivity index (χ3n) is 6.17. The van der Waals surface area contributed by atoms with Gasteiger partial charge in [-0.2, -0.15) is 0 Å². The lowest BCUT2D eigenvalue weighted by atomic mass is 9.73. The number of halogens is 1. The van der Waals surface area contributed by atoms with E-state index in [1.807, 2.05) is 24.3 Å². The largest absolute Gasteiger partial charge is 0.394 e. The van der Waals surface area contributed by atoms with Crippen LogP contribution in [0.15, 0.2) is 48.5 Å². The molecule has 0 radical (unpaired) electrons. The third kappa shape index (κ3) is 4.86. The molecule has 2 saturated heterocycles. The van der Waals surface area contributed by atoms with Crippen molar-refractivity contribution in [1.82, 2.24) is 9.80 Å². The molecule has 6 nitrogen and oxygen atoms in total. The number of piperazine rings is 1. The van der Waals surface area contributed by atoms with Gasteiger partial charge in [0, 0.05) is 30.1 Å². The standard InChI is InChI=1S/C26H28FN3O3/c1-17(2)4-3-5-18-6-8-19(9-7-18)25-22-14-29(15-24(32)30(22)23(25)16-31)26(33)28-21-12-10-20(27)11-13-21/h6-13,17,22-23,25,31H,4,14-16H2,1-2H3,(H,28,33)/t22-,23+,25+/m0/s1. The summed E-state index contributed by atoms with van der Waals surface area (Å²) in [5, 5.41) is 12.7. The smallest absolute Gasteiger partial charge is 0.322 e. The molecular weight excluding hydrogens is 421 g/mol. The third-order valence-corrected chi connectivity index (χ3v) is 6.17. The summed E-state index contributed by atoms with van der Waals surface area (Å²) < 4.78 is 13.1. The van der Waals surface area contributed by atoms with E-state index in [4.69, 9.17) is 0 Å². The Morgan fingerprint density at radius 1 is 1.18 bits per heavy atom. The van der Waals surface area contributed by atoms with Gasteiger partial charge in [-0.3, -0.25) is 4.79 Å². The van der Waals surface area contributed by atoms with E-state index in [2.05, 4.69) is 31.0 Å². The average Bonchev–Trinajstić information content (AvgIpc) is 2.77. The first-order chi connectivity index (χ1) is 15.9. The van der Waals surface area contributed by atoms with E-state index in [1.54, 1.807) is 4.90 Å². The minimum Gasteiger partial charge on any atom is -0.394 e. The first-order valence-corrected chi connectivity index (χ1v) is 11.2. The molecule has 0 unspecified atom stereocenters. The molecule has 172 valence electrons. The molecule has 3 atom stereocenters. The zero-order valence-corrected chi connectivity index (χ0v) is 18.8. The van der Waals surface area contributed by atoms with Crippen molar-refractivity contribution in [3.8, 4) is 11.8 Å². The molecule has 0 spiro atoms. The monoisotopic (exact) mass is 449 g/mol. The van der Waals surface area contributed by atoms with Crippen LogP contribution in [0, 0.1) is 23.6 Å². The summed E-state index contributed by atoms with van der Waals surface area (Å²) in [5.74, 6) is 6.22. The Balaban J connectivity index is 1.47. The molecule has 0 aliphatic carbocycles. The quantitative estimate of drug-likeness (QED) is 0.703. The SMILES string of the molecule is CC(C)CC#Cc1ccc([C@H]2[C@@H](CO)N3C(=O)CN(C(=O)Nc4ccc(F)cc4)C[C@@H]23)cc1. The molecule has 0 saturated carbocycles. The highest BCUT2D eigenvalue weighted by molar-refractivity contribution is 5.93. The summed E-state index contributed by atoms with van der Waals surface area (Å²) in [4.78, 5) is 28.7. The number of anilines is 1. The van der Waals surface area contributed by atoms with Crippen molar-refractivity contribution in [2.75, 3.05) is 25.0 Å². The maximum atomic E-state index is 13.1. The summed E-state index contributed by atoms with van der Waals surface area (Å²) in [6, 6.07) is 12.5. The van der Waals surface area contributed by atoms with Crippen molar-refractivity contribution in [3.05, 3.63) is 65.5 Å². The Morgan fingerprint density at radius 3 is 2.52 bits per heavy atom. The van der Waals surface area contributed by atoms with Crippen LogP contribution < -0.4 is 5.32 Å². The number of hydrogen-bond acceptors (Lipinski definition) is 3. The van der Waals surface area contributed by atoms with Crippen molar-refractivity contribution in [2.24, 2.45) is 5.92 Å². The number of benzene rings is 2. The molecule has 2 aliphatic rings. The minimum atomic E-state index is -0.406. The topological polar surface area (TPSA) is 72.9 Å². The van der Waals surface area contributed by atoms with Crippen LogP contribution in [0.3, 0.4) is 0 Å². The van der Waals surface area contributed by atoms with Gasteiger partial charge in [-0.25, -0.2) is 9.18 Å². The highest BCUT2D eigenvalue weighted by Gasteiger charge is 2.54. The number of amides is 3. The predicted molar refractivity (Wildman–Crippen MR) is 124 cm³/mol. The van der Waals surface area contributed by atoms with Crippen LogP contribution in [-0.2, 0) is 4.79 Å². The van der Waals surface area contributed by atoms with Gasteiger partial charge in [-0.15, -0.1) is 0 Å². The Labute approximate surface area is 193 Å². The first kappa shape index (κ1) is 22.8. The second-order valence-electron chi connectivity index (χ2n) is 8.98. The van der Waals surface area contributed by atoms with Crippen LogP contribution in [0.25, 0.3) is 0 Å². The van der Waals surface area contributed by atoms with Gasteiger partial charge < -0.3 is 20.2 Å². The number of urea groups is 1. The molecule has 0 aromatic heterocycles. The van der Waals surface area contributed by atoms with Gasteiger partial charge in [0.15, 0.2) is 0 Å². The lowest BCUT2D eigenvalue weighted by Gasteiger charge is -2.58.